The summed E-state index contributed by atoms with van der Waals surface area (Å²) in [6, 6.07) is 5.79. The van der Waals surface area contributed by atoms with Gasteiger partial charge in [0.05, 0.1) is 0 Å². The Bertz CT molecular complexity index is 907. The van der Waals surface area contributed by atoms with E-state index in [0.29, 0.717) is 5.92 Å². The van der Waals surface area contributed by atoms with E-state index < -0.39 is 23.8 Å². The third kappa shape index (κ3) is 10.7. The van der Waals surface area contributed by atoms with Gasteiger partial charge in [-0.3, -0.25) is 9.59 Å². The van der Waals surface area contributed by atoms with Crippen LogP contribution in [0.25, 0.3) is 0 Å². The van der Waals surface area contributed by atoms with Gasteiger partial charge in [-0.15, -0.1) is 0 Å². The third-order valence-electron chi connectivity index (χ3n) is 6.62. The van der Waals surface area contributed by atoms with Crippen LogP contribution in [0.2, 0.25) is 0 Å². The number of amides is 3. The lowest BCUT2D eigenvalue weighted by Crippen LogP contribution is -2.57. The van der Waals surface area contributed by atoms with Crippen molar-refractivity contribution in [2.45, 2.75) is 132 Å². The van der Waals surface area contributed by atoms with E-state index in [0.717, 1.165) is 36.8 Å². The van der Waals surface area contributed by atoms with E-state index >= 15 is 0 Å². The summed E-state index contributed by atoms with van der Waals surface area (Å²) in [4.78, 5) is 42.8. The summed E-state index contributed by atoms with van der Waals surface area (Å²) in [6.07, 6.45) is 2.79. The maximum Gasteiger partial charge on any atom is 0.408 e. The van der Waals surface area contributed by atoms with Gasteiger partial charge < -0.3 is 20.3 Å². The molecule has 7 heteroatoms. The number of hydrogen-bond acceptors (Lipinski definition) is 4. The van der Waals surface area contributed by atoms with Crippen LogP contribution in [-0.4, -0.2) is 46.5 Å². The fraction of sp³-hybridized carbons (Fsp3) is 0.710. The van der Waals surface area contributed by atoms with Crippen molar-refractivity contribution in [3.05, 3.63) is 35.4 Å². The predicted octanol–water partition coefficient (Wildman–Crippen LogP) is 6.54. The Kier molecular flexibility index (Phi) is 13.3. The Morgan fingerprint density at radius 3 is 2.03 bits per heavy atom. The zero-order valence-electron chi connectivity index (χ0n) is 25.7. The number of rotatable bonds is 13. The zero-order valence-corrected chi connectivity index (χ0v) is 25.7. The highest BCUT2D eigenvalue weighted by molar-refractivity contribution is 5.92. The van der Waals surface area contributed by atoms with Crippen LogP contribution in [0.1, 0.15) is 112 Å². The van der Waals surface area contributed by atoms with E-state index in [4.69, 9.17) is 4.74 Å². The molecule has 0 aliphatic heterocycles. The van der Waals surface area contributed by atoms with E-state index in [-0.39, 0.29) is 29.8 Å². The lowest BCUT2D eigenvalue weighted by atomic mass is 9.93. The van der Waals surface area contributed by atoms with Crippen LogP contribution < -0.4 is 10.6 Å². The van der Waals surface area contributed by atoms with Crippen molar-refractivity contribution in [2.24, 2.45) is 11.8 Å². The minimum Gasteiger partial charge on any atom is -0.444 e. The molecular weight excluding hydrogens is 478 g/mol. The molecule has 216 valence electrons. The highest BCUT2D eigenvalue weighted by Crippen LogP contribution is 2.30. The number of hydrogen-bond donors (Lipinski definition) is 2. The average molecular weight is 532 g/mol. The average Bonchev–Trinajstić information content (AvgIpc) is 2.78. The van der Waals surface area contributed by atoms with Crippen LogP contribution >= 0.6 is 0 Å². The van der Waals surface area contributed by atoms with E-state index in [1.54, 1.807) is 25.7 Å². The fourth-order valence-corrected chi connectivity index (χ4v) is 4.56. The Balaban J connectivity index is 3.63. The molecule has 1 rings (SSSR count). The molecule has 38 heavy (non-hydrogen) atoms. The van der Waals surface area contributed by atoms with Crippen LogP contribution in [0.15, 0.2) is 24.3 Å². The lowest BCUT2D eigenvalue weighted by Gasteiger charge is -2.40. The number of ether oxygens (including phenoxy) is 1. The second-order valence-corrected chi connectivity index (χ2v) is 12.4. The molecule has 0 bridgehead atoms. The number of aryl methyl sites for hydroxylation is 1. The highest BCUT2D eigenvalue weighted by Gasteiger charge is 2.40. The van der Waals surface area contributed by atoms with E-state index in [1.807, 2.05) is 58.9 Å². The van der Waals surface area contributed by atoms with Gasteiger partial charge in [0.25, 0.3) is 0 Å². The monoisotopic (exact) mass is 531 g/mol. The standard InChI is InChI=1S/C31H53N3O4/c1-12-15-23(7)32-28(35)27(25-17-14-13-16-22(25)6)34(24(8)19-18-20(2)3)29(36)26(21(4)5)33-30(37)38-31(9,10)11/h13-14,16-17,20-21,23-24,26-27H,12,15,18-19H2,1-11H3,(H,32,35)(H,33,37). The second-order valence-electron chi connectivity index (χ2n) is 12.4. The van der Waals surface area contributed by atoms with Crippen molar-refractivity contribution in [1.82, 2.24) is 15.5 Å². The zero-order chi connectivity index (χ0) is 29.2. The molecule has 0 saturated heterocycles. The molecule has 0 radical (unpaired) electrons. The Morgan fingerprint density at radius 1 is 0.921 bits per heavy atom. The topological polar surface area (TPSA) is 87.7 Å². The van der Waals surface area contributed by atoms with Gasteiger partial charge in [0.2, 0.25) is 11.8 Å². The predicted molar refractivity (Wildman–Crippen MR) is 155 cm³/mol. The van der Waals surface area contributed by atoms with Crippen molar-refractivity contribution < 1.29 is 19.1 Å². The van der Waals surface area contributed by atoms with Crippen molar-refractivity contribution >= 4 is 17.9 Å². The van der Waals surface area contributed by atoms with Gasteiger partial charge in [-0.25, -0.2) is 4.79 Å². The highest BCUT2D eigenvalue weighted by atomic mass is 16.6. The first-order chi connectivity index (χ1) is 17.6. The minimum atomic E-state index is -0.848. The summed E-state index contributed by atoms with van der Waals surface area (Å²) in [5, 5.41) is 5.97. The molecule has 0 aromatic heterocycles. The fourth-order valence-electron chi connectivity index (χ4n) is 4.56. The smallest absolute Gasteiger partial charge is 0.408 e. The molecule has 2 N–H and O–H groups in total. The SMILES string of the molecule is CCCC(C)NC(=O)C(c1ccccc1C)N(C(=O)C(NC(=O)OC(C)(C)C)C(C)C)C(C)CCC(C)C. The number of benzene rings is 1. The molecule has 0 heterocycles. The van der Waals surface area contributed by atoms with Gasteiger partial charge >= 0.3 is 6.09 Å². The first kappa shape index (κ1) is 33.5. The molecule has 1 aromatic rings. The van der Waals surface area contributed by atoms with Crippen LogP contribution in [0.3, 0.4) is 0 Å². The van der Waals surface area contributed by atoms with Gasteiger partial charge in [-0.1, -0.05) is 65.3 Å². The molecule has 7 nitrogen and oxygen atoms in total. The van der Waals surface area contributed by atoms with Gasteiger partial charge in [0.15, 0.2) is 0 Å². The second kappa shape index (κ2) is 15.1. The number of carbonyl (C=O) groups is 3. The Labute approximate surface area is 231 Å². The van der Waals surface area contributed by atoms with Crippen molar-refractivity contribution in [3.63, 3.8) is 0 Å². The van der Waals surface area contributed by atoms with Gasteiger partial charge in [0.1, 0.15) is 17.7 Å². The molecular formula is C31H53N3O4. The maximum atomic E-state index is 14.4. The molecule has 3 amide bonds. The summed E-state index contributed by atoms with van der Waals surface area (Å²) in [5.41, 5.74) is 1.03. The minimum absolute atomic E-state index is 0.0253. The number of nitrogens with one attached hydrogen (secondary N) is 2. The molecule has 0 aliphatic carbocycles. The molecule has 0 aliphatic rings. The van der Waals surface area contributed by atoms with E-state index in [9.17, 15) is 14.4 Å². The van der Waals surface area contributed by atoms with Crippen molar-refractivity contribution in [1.29, 1.82) is 0 Å². The van der Waals surface area contributed by atoms with Crippen LogP contribution in [0.5, 0.6) is 0 Å². The molecule has 0 spiro atoms. The maximum absolute atomic E-state index is 14.4. The summed E-state index contributed by atoms with van der Waals surface area (Å²) < 4.78 is 5.48. The summed E-state index contributed by atoms with van der Waals surface area (Å²) in [5.74, 6) is -0.252. The first-order valence-electron chi connectivity index (χ1n) is 14.3. The van der Waals surface area contributed by atoms with Crippen LogP contribution in [0.4, 0.5) is 4.79 Å². The van der Waals surface area contributed by atoms with Crippen LogP contribution in [-0.2, 0) is 14.3 Å². The molecule has 4 unspecified atom stereocenters. The Morgan fingerprint density at radius 2 is 1.53 bits per heavy atom. The van der Waals surface area contributed by atoms with Gasteiger partial charge in [-0.2, -0.15) is 0 Å². The van der Waals surface area contributed by atoms with Crippen LogP contribution in [0, 0.1) is 18.8 Å². The quantitative estimate of drug-likeness (QED) is 0.302. The van der Waals surface area contributed by atoms with E-state index in [2.05, 4.69) is 31.4 Å². The molecule has 0 saturated carbocycles. The summed E-state index contributed by atoms with van der Waals surface area (Å²) in [6.45, 7) is 21.5. The van der Waals surface area contributed by atoms with Gasteiger partial charge in [0, 0.05) is 12.1 Å². The number of nitrogens with zero attached hydrogens (tertiary/aromatic N) is 1. The molecule has 4 atom stereocenters. The van der Waals surface area contributed by atoms with Gasteiger partial charge in [-0.05, 0) is 83.8 Å². The van der Waals surface area contributed by atoms with Crippen molar-refractivity contribution in [2.75, 3.05) is 0 Å². The molecule has 0 fully saturated rings. The number of alkyl carbamates (subject to hydrolysis) is 1. The molecule has 1 aromatic carbocycles. The number of carbonyl (C=O) groups excluding carboxylic acids is 3. The first-order valence-corrected chi connectivity index (χ1v) is 14.3. The lowest BCUT2D eigenvalue weighted by molar-refractivity contribution is -0.146. The summed E-state index contributed by atoms with van der Waals surface area (Å²) in [7, 11) is 0. The largest absolute Gasteiger partial charge is 0.444 e. The Hall–Kier alpha value is -2.57. The third-order valence-corrected chi connectivity index (χ3v) is 6.62. The van der Waals surface area contributed by atoms with Crippen molar-refractivity contribution in [3.8, 4) is 0 Å². The van der Waals surface area contributed by atoms with E-state index in [1.165, 1.54) is 0 Å². The summed E-state index contributed by atoms with van der Waals surface area (Å²) >= 11 is 0. The normalized spacial score (nSPS) is 15.0.